The van der Waals surface area contributed by atoms with Crippen LogP contribution in [0.3, 0.4) is 0 Å². The minimum Gasteiger partial charge on any atom is -0.379 e. The molecule has 1 aliphatic heterocycles. The minimum atomic E-state index is -3.61. The van der Waals surface area contributed by atoms with Crippen molar-refractivity contribution < 1.29 is 17.9 Å². The molecule has 0 aliphatic carbocycles. The summed E-state index contributed by atoms with van der Waals surface area (Å²) in [6, 6.07) is 11.7. The van der Waals surface area contributed by atoms with E-state index in [1.54, 1.807) is 18.2 Å². The monoisotopic (exact) mass is 423 g/mol. The first-order valence-electron chi connectivity index (χ1n) is 8.84. The standard InChI is InChI=1S/C19H22ClN3O4S/c1-14-5-6-15(12-18(14)20)21-13-19(24)22-16-3-2-4-17(11-16)28(25,26)23-7-9-27-10-8-23/h2-6,11-12,21H,7-10,13H2,1H3,(H,22,24). The molecule has 1 aliphatic rings. The Hall–Kier alpha value is -2.13. The van der Waals surface area contributed by atoms with Crippen LogP contribution in [0.2, 0.25) is 5.02 Å². The van der Waals surface area contributed by atoms with Crippen LogP contribution < -0.4 is 10.6 Å². The second kappa shape index (κ2) is 8.91. The summed E-state index contributed by atoms with van der Waals surface area (Å²) in [4.78, 5) is 12.4. The molecule has 2 aromatic rings. The number of carbonyl (C=O) groups is 1. The Bertz CT molecular complexity index is 959. The number of amides is 1. The molecule has 0 aromatic heterocycles. The number of hydrogen-bond donors (Lipinski definition) is 2. The molecule has 0 bridgehead atoms. The van der Waals surface area contributed by atoms with E-state index in [2.05, 4.69) is 10.6 Å². The largest absolute Gasteiger partial charge is 0.379 e. The molecule has 28 heavy (non-hydrogen) atoms. The topological polar surface area (TPSA) is 87.7 Å². The van der Waals surface area contributed by atoms with Gasteiger partial charge in [0.25, 0.3) is 0 Å². The highest BCUT2D eigenvalue weighted by molar-refractivity contribution is 7.89. The van der Waals surface area contributed by atoms with Crippen LogP contribution in [-0.4, -0.2) is 51.5 Å². The van der Waals surface area contributed by atoms with Gasteiger partial charge in [-0.15, -0.1) is 0 Å². The Morgan fingerprint density at radius 2 is 1.89 bits per heavy atom. The van der Waals surface area contributed by atoms with E-state index < -0.39 is 10.0 Å². The Labute approximate surface area is 169 Å². The van der Waals surface area contributed by atoms with Crippen LogP contribution in [0.5, 0.6) is 0 Å². The first-order valence-corrected chi connectivity index (χ1v) is 10.7. The zero-order valence-corrected chi connectivity index (χ0v) is 17.0. The molecular weight excluding hydrogens is 402 g/mol. The van der Waals surface area contributed by atoms with Crippen LogP contribution in [0.25, 0.3) is 0 Å². The molecule has 7 nitrogen and oxygen atoms in total. The molecule has 1 saturated heterocycles. The summed E-state index contributed by atoms with van der Waals surface area (Å²) in [6.45, 7) is 3.33. The predicted molar refractivity (Wildman–Crippen MR) is 109 cm³/mol. The lowest BCUT2D eigenvalue weighted by molar-refractivity contribution is -0.114. The van der Waals surface area contributed by atoms with Crippen LogP contribution in [0.1, 0.15) is 5.56 Å². The molecule has 1 fully saturated rings. The molecule has 1 heterocycles. The number of aryl methyl sites for hydroxylation is 1. The van der Waals surface area contributed by atoms with E-state index in [0.29, 0.717) is 37.0 Å². The lowest BCUT2D eigenvalue weighted by Gasteiger charge is -2.26. The van der Waals surface area contributed by atoms with E-state index in [1.807, 2.05) is 19.1 Å². The third-order valence-corrected chi connectivity index (χ3v) is 6.65. The number of nitrogens with zero attached hydrogens (tertiary/aromatic N) is 1. The van der Waals surface area contributed by atoms with Gasteiger partial charge < -0.3 is 15.4 Å². The van der Waals surface area contributed by atoms with E-state index >= 15 is 0 Å². The van der Waals surface area contributed by atoms with E-state index in [9.17, 15) is 13.2 Å². The van der Waals surface area contributed by atoms with E-state index in [1.165, 1.54) is 16.4 Å². The SMILES string of the molecule is Cc1ccc(NCC(=O)Nc2cccc(S(=O)(=O)N3CCOCC3)c2)cc1Cl. The van der Waals surface area contributed by atoms with Crippen molar-refractivity contribution in [3.63, 3.8) is 0 Å². The Kier molecular flexibility index (Phi) is 6.56. The molecule has 0 spiro atoms. The van der Waals surface area contributed by atoms with Crippen molar-refractivity contribution in [3.05, 3.63) is 53.1 Å². The fourth-order valence-electron chi connectivity index (χ4n) is 2.76. The van der Waals surface area contributed by atoms with Crippen molar-refractivity contribution >= 4 is 38.9 Å². The number of ether oxygens (including phenoxy) is 1. The summed E-state index contributed by atoms with van der Waals surface area (Å²) in [5.74, 6) is -0.294. The number of anilines is 2. The number of carbonyl (C=O) groups excluding carboxylic acids is 1. The molecule has 0 atom stereocenters. The van der Waals surface area contributed by atoms with Crippen molar-refractivity contribution in [1.29, 1.82) is 0 Å². The normalized spacial score (nSPS) is 15.2. The number of halogens is 1. The smallest absolute Gasteiger partial charge is 0.243 e. The zero-order valence-electron chi connectivity index (χ0n) is 15.4. The highest BCUT2D eigenvalue weighted by Gasteiger charge is 2.26. The average molecular weight is 424 g/mol. The molecule has 1 amide bonds. The van der Waals surface area contributed by atoms with Crippen molar-refractivity contribution in [2.24, 2.45) is 0 Å². The van der Waals surface area contributed by atoms with Crippen molar-refractivity contribution in [1.82, 2.24) is 4.31 Å². The highest BCUT2D eigenvalue weighted by Crippen LogP contribution is 2.21. The van der Waals surface area contributed by atoms with Gasteiger partial charge in [-0.05, 0) is 42.8 Å². The van der Waals surface area contributed by atoms with Gasteiger partial charge >= 0.3 is 0 Å². The Morgan fingerprint density at radius 1 is 1.14 bits per heavy atom. The second-order valence-electron chi connectivity index (χ2n) is 6.41. The third-order valence-electron chi connectivity index (χ3n) is 4.35. The predicted octanol–water partition coefficient (Wildman–Crippen LogP) is 2.72. The van der Waals surface area contributed by atoms with Crippen LogP contribution in [0, 0.1) is 6.92 Å². The summed E-state index contributed by atoms with van der Waals surface area (Å²) in [6.07, 6.45) is 0. The van der Waals surface area contributed by atoms with Crippen molar-refractivity contribution in [2.45, 2.75) is 11.8 Å². The lowest BCUT2D eigenvalue weighted by Crippen LogP contribution is -2.40. The van der Waals surface area contributed by atoms with Crippen LogP contribution in [0.15, 0.2) is 47.4 Å². The number of sulfonamides is 1. The lowest BCUT2D eigenvalue weighted by atomic mass is 10.2. The van der Waals surface area contributed by atoms with Crippen LogP contribution >= 0.6 is 11.6 Å². The van der Waals surface area contributed by atoms with Gasteiger partial charge in [0.15, 0.2) is 0 Å². The van der Waals surface area contributed by atoms with Gasteiger partial charge in [0.05, 0.1) is 24.7 Å². The van der Waals surface area contributed by atoms with Gasteiger partial charge in [-0.3, -0.25) is 4.79 Å². The van der Waals surface area contributed by atoms with Crippen molar-refractivity contribution in [2.75, 3.05) is 43.5 Å². The van der Waals surface area contributed by atoms with Gasteiger partial charge in [-0.25, -0.2) is 8.42 Å². The quantitative estimate of drug-likeness (QED) is 0.745. The molecule has 0 radical (unpaired) electrons. The summed E-state index contributed by atoms with van der Waals surface area (Å²) in [7, 11) is -3.61. The Morgan fingerprint density at radius 3 is 2.61 bits per heavy atom. The maximum Gasteiger partial charge on any atom is 0.243 e. The number of benzene rings is 2. The zero-order chi connectivity index (χ0) is 20.1. The first kappa shape index (κ1) is 20.6. The maximum absolute atomic E-state index is 12.7. The average Bonchev–Trinajstić information content (AvgIpc) is 2.70. The molecule has 0 unspecified atom stereocenters. The third kappa shape index (κ3) is 5.02. The maximum atomic E-state index is 12.7. The fraction of sp³-hybridized carbons (Fsp3) is 0.316. The van der Waals surface area contributed by atoms with Gasteiger partial charge in [-0.2, -0.15) is 4.31 Å². The van der Waals surface area contributed by atoms with Crippen LogP contribution in [-0.2, 0) is 19.6 Å². The second-order valence-corrected chi connectivity index (χ2v) is 8.76. The molecular formula is C19H22ClN3O4S. The first-order chi connectivity index (χ1) is 13.4. The minimum absolute atomic E-state index is 0.0276. The van der Waals surface area contributed by atoms with Gasteiger partial charge in [0.1, 0.15) is 0 Å². The van der Waals surface area contributed by atoms with Crippen LogP contribution in [0.4, 0.5) is 11.4 Å². The summed E-state index contributed by atoms with van der Waals surface area (Å²) >= 11 is 6.07. The molecule has 0 saturated carbocycles. The van der Waals surface area contributed by atoms with Gasteiger partial charge in [-0.1, -0.05) is 23.7 Å². The van der Waals surface area contributed by atoms with Gasteiger partial charge in [0, 0.05) is 29.5 Å². The molecule has 3 rings (SSSR count). The van der Waals surface area contributed by atoms with E-state index in [0.717, 1.165) is 11.3 Å². The number of nitrogens with one attached hydrogen (secondary N) is 2. The molecule has 2 aromatic carbocycles. The molecule has 2 N–H and O–H groups in total. The summed E-state index contributed by atoms with van der Waals surface area (Å²) in [5.41, 5.74) is 2.10. The van der Waals surface area contributed by atoms with E-state index in [-0.39, 0.29) is 17.3 Å². The number of hydrogen-bond acceptors (Lipinski definition) is 5. The van der Waals surface area contributed by atoms with Gasteiger partial charge in [0.2, 0.25) is 15.9 Å². The number of morpholine rings is 1. The van der Waals surface area contributed by atoms with E-state index in [4.69, 9.17) is 16.3 Å². The highest BCUT2D eigenvalue weighted by atomic mass is 35.5. The summed E-state index contributed by atoms with van der Waals surface area (Å²) < 4.78 is 32.1. The molecule has 150 valence electrons. The van der Waals surface area contributed by atoms with Crippen molar-refractivity contribution in [3.8, 4) is 0 Å². The summed E-state index contributed by atoms with van der Waals surface area (Å²) in [5, 5.41) is 6.32. The number of rotatable bonds is 6. The Balaban J connectivity index is 1.63. The fourth-order valence-corrected chi connectivity index (χ4v) is 4.40. The molecule has 9 heteroatoms.